The van der Waals surface area contributed by atoms with Crippen molar-refractivity contribution in [1.82, 2.24) is 21.5 Å². The van der Waals surface area contributed by atoms with E-state index in [1.54, 1.807) is 0 Å². The van der Waals surface area contributed by atoms with Crippen LogP contribution >= 0.6 is 0 Å². The lowest BCUT2D eigenvalue weighted by molar-refractivity contribution is 0.235. The van der Waals surface area contributed by atoms with Crippen LogP contribution in [0.2, 0.25) is 0 Å². The van der Waals surface area contributed by atoms with E-state index in [1.807, 2.05) is 76.2 Å². The number of carbonyl (C=O) groups excluding carboxylic acids is 2. The summed E-state index contributed by atoms with van der Waals surface area (Å²) in [4.78, 5) is 25.1. The second-order valence-electron chi connectivity index (χ2n) is 8.20. The van der Waals surface area contributed by atoms with Crippen molar-refractivity contribution in [3.8, 4) is 0 Å². The van der Waals surface area contributed by atoms with Crippen LogP contribution in [0.25, 0.3) is 0 Å². The molecule has 2 unspecified atom stereocenters. The fourth-order valence-electron chi connectivity index (χ4n) is 3.46. The minimum absolute atomic E-state index is 0.317. The van der Waals surface area contributed by atoms with Gasteiger partial charge in [0.25, 0.3) is 0 Å². The van der Waals surface area contributed by atoms with Gasteiger partial charge in [-0.05, 0) is 38.8 Å². The van der Waals surface area contributed by atoms with Crippen LogP contribution in [0, 0.1) is 13.8 Å². The van der Waals surface area contributed by atoms with E-state index in [1.165, 1.54) is 0 Å². The van der Waals surface area contributed by atoms with Crippen LogP contribution < -0.4 is 21.5 Å². The fraction of sp³-hybridized carbons (Fsp3) is 0.333. The molecule has 2 aromatic carbocycles. The largest absolute Gasteiger partial charge is 0.335 e. The third-order valence-electron chi connectivity index (χ3n) is 5.27. The molecule has 2 aromatic rings. The van der Waals surface area contributed by atoms with Crippen LogP contribution in [-0.2, 0) is 0 Å². The number of aryl methyl sites for hydroxylation is 2. The predicted octanol–water partition coefficient (Wildman–Crippen LogP) is 4.23. The van der Waals surface area contributed by atoms with E-state index in [0.29, 0.717) is 24.3 Å². The summed E-state index contributed by atoms with van der Waals surface area (Å²) in [5.41, 5.74) is 10.6. The molecule has 8 heteroatoms. The molecule has 0 fully saturated rings. The first-order valence-corrected chi connectivity index (χ1v) is 10.6. The molecule has 0 aliphatic carbocycles. The molecule has 4 N–H and O–H groups in total. The number of hydrazone groups is 2. The van der Waals surface area contributed by atoms with Gasteiger partial charge in [-0.3, -0.25) is 0 Å². The number of benzene rings is 2. The second kappa shape index (κ2) is 10.6. The summed E-state index contributed by atoms with van der Waals surface area (Å²) in [6.45, 7) is 7.64. The zero-order valence-electron chi connectivity index (χ0n) is 18.9. The number of rotatable bonds is 2. The Morgan fingerprint density at radius 1 is 0.625 bits per heavy atom. The molecule has 0 aromatic heterocycles. The molecule has 4 amide bonds. The highest BCUT2D eigenvalue weighted by atomic mass is 16.2. The number of nitrogens with zero attached hydrogens (tertiary/aromatic N) is 2. The second-order valence-corrected chi connectivity index (χ2v) is 8.20. The van der Waals surface area contributed by atoms with Gasteiger partial charge in [-0.2, -0.15) is 10.2 Å². The van der Waals surface area contributed by atoms with E-state index in [9.17, 15) is 9.59 Å². The van der Waals surface area contributed by atoms with Crippen molar-refractivity contribution >= 4 is 23.5 Å². The van der Waals surface area contributed by atoms with Gasteiger partial charge in [0.2, 0.25) is 0 Å². The van der Waals surface area contributed by atoms with Crippen LogP contribution in [0.3, 0.4) is 0 Å². The molecule has 8 nitrogen and oxygen atoms in total. The normalized spacial score (nSPS) is 23.8. The quantitative estimate of drug-likeness (QED) is 0.568. The highest BCUT2D eigenvalue weighted by Gasteiger charge is 2.19. The Kier molecular flexibility index (Phi) is 7.59. The Morgan fingerprint density at radius 2 is 0.969 bits per heavy atom. The van der Waals surface area contributed by atoms with Crippen molar-refractivity contribution < 1.29 is 9.59 Å². The Hall–Kier alpha value is -3.68. The number of nitrogens with one attached hydrogen (secondary N) is 4. The molecule has 0 saturated carbocycles. The average Bonchev–Trinajstić information content (AvgIpc) is 2.76. The summed E-state index contributed by atoms with van der Waals surface area (Å²) in [6, 6.07) is 14.4. The molecule has 1 aliphatic rings. The summed E-state index contributed by atoms with van der Waals surface area (Å²) in [5.74, 6) is 0. The Balaban J connectivity index is 1.84. The topological polar surface area (TPSA) is 107 Å². The van der Waals surface area contributed by atoms with E-state index in [0.717, 1.165) is 22.3 Å². The molecule has 0 bridgehead atoms. The van der Waals surface area contributed by atoms with Crippen molar-refractivity contribution in [1.29, 1.82) is 0 Å². The minimum Gasteiger partial charge on any atom is -0.329 e. The number of carbonyl (C=O) groups is 2. The van der Waals surface area contributed by atoms with Crippen molar-refractivity contribution in [2.75, 3.05) is 0 Å². The smallest absolute Gasteiger partial charge is 0.329 e. The van der Waals surface area contributed by atoms with Crippen LogP contribution in [0.15, 0.2) is 58.7 Å². The van der Waals surface area contributed by atoms with Gasteiger partial charge in [0.15, 0.2) is 0 Å². The molecule has 32 heavy (non-hydrogen) atoms. The minimum atomic E-state index is -0.399. The van der Waals surface area contributed by atoms with E-state index >= 15 is 0 Å². The van der Waals surface area contributed by atoms with Gasteiger partial charge in [0.1, 0.15) is 0 Å². The molecule has 1 aliphatic heterocycles. The van der Waals surface area contributed by atoms with Crippen LogP contribution in [-0.4, -0.2) is 23.5 Å². The number of hydrogen-bond donors (Lipinski definition) is 4. The number of amides is 4. The highest BCUT2D eigenvalue weighted by molar-refractivity contribution is 5.87. The molecule has 2 atom stereocenters. The van der Waals surface area contributed by atoms with Gasteiger partial charge >= 0.3 is 12.1 Å². The lowest BCUT2D eigenvalue weighted by Gasteiger charge is -2.21. The van der Waals surface area contributed by atoms with Crippen LogP contribution in [0.1, 0.15) is 61.0 Å². The molecule has 0 spiro atoms. The van der Waals surface area contributed by atoms with Gasteiger partial charge < -0.3 is 10.6 Å². The average molecular weight is 435 g/mol. The van der Waals surface area contributed by atoms with Crippen molar-refractivity contribution in [3.05, 3.63) is 70.8 Å². The summed E-state index contributed by atoms with van der Waals surface area (Å²) >= 11 is 0. The van der Waals surface area contributed by atoms with E-state index in [2.05, 4.69) is 31.7 Å². The third-order valence-corrected chi connectivity index (χ3v) is 5.27. The summed E-state index contributed by atoms with van der Waals surface area (Å²) in [7, 11) is 0. The molecular formula is C24H30N6O2. The van der Waals surface area contributed by atoms with Gasteiger partial charge in [0, 0.05) is 24.3 Å². The maximum Gasteiger partial charge on any atom is 0.335 e. The van der Waals surface area contributed by atoms with E-state index in [4.69, 9.17) is 0 Å². The highest BCUT2D eigenvalue weighted by Crippen LogP contribution is 2.20. The number of hydrogen-bond acceptors (Lipinski definition) is 4. The summed E-state index contributed by atoms with van der Waals surface area (Å²) in [6.07, 6.45) is 0.863. The molecule has 3 rings (SSSR count). The number of urea groups is 2. The molecular weight excluding hydrogens is 404 g/mol. The van der Waals surface area contributed by atoms with E-state index < -0.39 is 12.1 Å². The molecule has 168 valence electrons. The summed E-state index contributed by atoms with van der Waals surface area (Å²) in [5, 5.41) is 14.4. The molecule has 0 saturated heterocycles. The first-order chi connectivity index (χ1) is 15.3. The predicted molar refractivity (Wildman–Crippen MR) is 127 cm³/mol. The zero-order chi connectivity index (χ0) is 23.1. The van der Waals surface area contributed by atoms with Crippen molar-refractivity contribution in [3.63, 3.8) is 0 Å². The monoisotopic (exact) mass is 434 g/mol. The van der Waals surface area contributed by atoms with Gasteiger partial charge in [-0.25, -0.2) is 20.4 Å². The maximum atomic E-state index is 12.5. The first kappa shape index (κ1) is 23.0. The van der Waals surface area contributed by atoms with Crippen LogP contribution in [0.4, 0.5) is 9.59 Å². The fourth-order valence-corrected chi connectivity index (χ4v) is 3.46. The molecule has 1 heterocycles. The standard InChI is InChI=1S/C24H30N6O2/c1-15-5-9-19(10-6-15)21-13-17(3)27-30-24(32)26-22(20-11-7-16(2)8-12-20)14-18(4)28-29-23(31)25-21/h5-12,21-22H,13-14H2,1-4H3,(H2,25,29,31)(H2,26,30,32)/b27-17+,28-18+. The van der Waals surface area contributed by atoms with Crippen molar-refractivity contribution in [2.45, 2.75) is 52.6 Å². The Morgan fingerprint density at radius 3 is 1.31 bits per heavy atom. The van der Waals surface area contributed by atoms with E-state index in [-0.39, 0.29) is 12.1 Å². The van der Waals surface area contributed by atoms with Gasteiger partial charge in [-0.15, -0.1) is 0 Å². The molecule has 0 radical (unpaired) electrons. The Labute approximate surface area is 188 Å². The lowest BCUT2D eigenvalue weighted by atomic mass is 10.0. The SMILES string of the molecule is C/C1=N\NC(=O)NC(c2ccc(C)cc2)C/C(C)=N/NC(=O)NC(c2ccc(C)cc2)C1. The van der Waals surface area contributed by atoms with Crippen LogP contribution in [0.5, 0.6) is 0 Å². The summed E-state index contributed by atoms with van der Waals surface area (Å²) < 4.78 is 0. The Bertz CT molecular complexity index is 928. The lowest BCUT2D eigenvalue weighted by Crippen LogP contribution is -2.39. The van der Waals surface area contributed by atoms with Gasteiger partial charge in [-0.1, -0.05) is 59.7 Å². The van der Waals surface area contributed by atoms with Crippen molar-refractivity contribution in [2.24, 2.45) is 10.2 Å². The first-order valence-electron chi connectivity index (χ1n) is 10.6. The van der Waals surface area contributed by atoms with Gasteiger partial charge in [0.05, 0.1) is 12.1 Å². The maximum absolute atomic E-state index is 12.5. The third kappa shape index (κ3) is 6.66. The zero-order valence-corrected chi connectivity index (χ0v) is 18.9.